The first-order valence-corrected chi connectivity index (χ1v) is 8.29. The Morgan fingerprint density at radius 3 is 3.04 bits per heavy atom. The molecule has 0 bridgehead atoms. The van der Waals surface area contributed by atoms with Crippen LogP contribution in [0.15, 0.2) is 27.8 Å². The number of fused-ring (bicyclic) bond motifs is 1. The van der Waals surface area contributed by atoms with E-state index in [-0.39, 0.29) is 11.0 Å². The van der Waals surface area contributed by atoms with Crippen molar-refractivity contribution in [1.82, 2.24) is 15.6 Å². The summed E-state index contributed by atoms with van der Waals surface area (Å²) in [5.41, 5.74) is 4.72. The summed E-state index contributed by atoms with van der Waals surface area (Å²) < 4.78 is 18.1. The van der Waals surface area contributed by atoms with Crippen molar-refractivity contribution in [2.24, 2.45) is 5.10 Å². The summed E-state index contributed by atoms with van der Waals surface area (Å²) in [7, 11) is 0. The lowest BCUT2D eigenvalue weighted by molar-refractivity contribution is 0.0956. The van der Waals surface area contributed by atoms with Crippen molar-refractivity contribution in [3.05, 3.63) is 45.2 Å². The van der Waals surface area contributed by atoms with Crippen LogP contribution in [0, 0.1) is 12.1 Å². The predicted octanol–water partition coefficient (Wildman–Crippen LogP) is 3.37. The van der Waals surface area contributed by atoms with Crippen LogP contribution in [0.3, 0.4) is 0 Å². The van der Waals surface area contributed by atoms with Gasteiger partial charge in [0.15, 0.2) is 5.13 Å². The van der Waals surface area contributed by atoms with E-state index in [0.29, 0.717) is 33.2 Å². The van der Waals surface area contributed by atoms with Gasteiger partial charge in [-0.05, 0) is 38.0 Å². The van der Waals surface area contributed by atoms with E-state index in [1.807, 2.05) is 0 Å². The topological polar surface area (TPSA) is 80.4 Å². The summed E-state index contributed by atoms with van der Waals surface area (Å²) in [5, 5.41) is 8.08. The van der Waals surface area contributed by atoms with Crippen LogP contribution in [-0.4, -0.2) is 22.3 Å². The predicted molar refractivity (Wildman–Crippen MR) is 87.9 cm³/mol. The first-order valence-electron chi connectivity index (χ1n) is 7.47. The third-order valence-corrected chi connectivity index (χ3v) is 4.64. The number of hydrogen-bond acceptors (Lipinski definition) is 6. The molecule has 8 heteroatoms. The Hall–Kier alpha value is -2.61. The summed E-state index contributed by atoms with van der Waals surface area (Å²) >= 11 is 0.954. The number of amides is 1. The maximum absolute atomic E-state index is 12.9. The van der Waals surface area contributed by atoms with E-state index in [0.717, 1.165) is 29.9 Å². The number of carbonyl (C=O) groups excluding carboxylic acids is 1. The molecule has 0 radical (unpaired) electrons. The Bertz CT molecular complexity index is 958. The molecule has 6 nitrogen and oxygen atoms in total. The second-order valence-electron chi connectivity index (χ2n) is 5.66. The highest BCUT2D eigenvalue weighted by Gasteiger charge is 2.28. The van der Waals surface area contributed by atoms with Gasteiger partial charge in [0.05, 0.1) is 27.7 Å². The lowest BCUT2D eigenvalue weighted by Crippen LogP contribution is -2.18. The van der Waals surface area contributed by atoms with Gasteiger partial charge in [0, 0.05) is 11.6 Å². The summed E-state index contributed by atoms with van der Waals surface area (Å²) in [6.07, 6.45) is 3.54. The number of hydrazone groups is 1. The van der Waals surface area contributed by atoms with E-state index in [2.05, 4.69) is 20.7 Å². The van der Waals surface area contributed by atoms with Crippen LogP contribution >= 0.6 is 11.3 Å². The first kappa shape index (κ1) is 14.9. The molecule has 24 heavy (non-hydrogen) atoms. The minimum atomic E-state index is -0.371. The fourth-order valence-corrected chi connectivity index (χ4v) is 3.10. The molecule has 3 aromatic rings. The van der Waals surface area contributed by atoms with Gasteiger partial charge in [-0.1, -0.05) is 5.16 Å². The van der Waals surface area contributed by atoms with Gasteiger partial charge in [-0.15, -0.1) is 11.3 Å². The van der Waals surface area contributed by atoms with Gasteiger partial charge >= 0.3 is 0 Å². The minimum absolute atomic E-state index is 0.298. The fourth-order valence-electron chi connectivity index (χ4n) is 2.49. The highest BCUT2D eigenvalue weighted by Crippen LogP contribution is 2.40. The number of rotatable bonds is 4. The third kappa shape index (κ3) is 2.80. The Labute approximate surface area is 140 Å². The van der Waals surface area contributed by atoms with Crippen LogP contribution in [0.1, 0.15) is 45.4 Å². The van der Waals surface area contributed by atoms with Crippen molar-refractivity contribution in [3.63, 3.8) is 0 Å². The molecule has 1 aliphatic carbocycles. The summed E-state index contributed by atoms with van der Waals surface area (Å²) in [6, 6.07) is 4.72. The molecule has 4 rings (SSSR count). The molecule has 122 valence electrons. The lowest BCUT2D eigenvalue weighted by Gasteiger charge is -2.04. The Kier molecular flexibility index (Phi) is 3.61. The van der Waals surface area contributed by atoms with E-state index in [1.54, 1.807) is 19.1 Å². The van der Waals surface area contributed by atoms with Crippen LogP contribution < -0.4 is 5.43 Å². The number of pyridine rings is 1. The van der Waals surface area contributed by atoms with Gasteiger partial charge in [0.1, 0.15) is 0 Å². The molecule has 1 saturated carbocycles. The molecule has 0 aliphatic heterocycles. The number of nitrogens with one attached hydrogen (secondary N) is 1. The molecule has 0 unspecified atom stereocenters. The summed E-state index contributed by atoms with van der Waals surface area (Å²) in [4.78, 5) is 17.6. The minimum Gasteiger partial charge on any atom is -0.336 e. The Morgan fingerprint density at radius 2 is 2.33 bits per heavy atom. The average Bonchev–Trinajstić information content (AvgIpc) is 3.25. The third-order valence-electron chi connectivity index (χ3n) is 3.83. The molecular weight excluding hydrogens is 331 g/mol. The molecule has 0 saturated heterocycles. The number of nitrogens with zero attached hydrogens (tertiary/aromatic N) is 3. The van der Waals surface area contributed by atoms with E-state index in [9.17, 15) is 9.18 Å². The summed E-state index contributed by atoms with van der Waals surface area (Å²) in [6.45, 7) is 1.76. The van der Waals surface area contributed by atoms with Gasteiger partial charge in [-0.3, -0.25) is 4.79 Å². The zero-order chi connectivity index (χ0) is 16.7. The summed E-state index contributed by atoms with van der Waals surface area (Å²) in [5.74, 6) is 0.00725. The first-order chi connectivity index (χ1) is 11.6. The molecule has 1 N–H and O–H groups in total. The quantitative estimate of drug-likeness (QED) is 0.581. The van der Waals surface area contributed by atoms with Crippen molar-refractivity contribution in [1.29, 1.82) is 0 Å². The standard InChI is InChI=1S/C16H13FN4O2S/c1-8-14-11(6-12(9-2-3-9)19-16(14)23-21-8)15(22)20-18-7-10-4-5-13(17)24-10/h4-7,9H,2-3H2,1H3,(H,20,22). The zero-order valence-electron chi connectivity index (χ0n) is 12.7. The van der Waals surface area contributed by atoms with E-state index in [1.165, 1.54) is 12.3 Å². The second kappa shape index (κ2) is 5.79. The zero-order valence-corrected chi connectivity index (χ0v) is 13.6. The van der Waals surface area contributed by atoms with Crippen LogP contribution in [-0.2, 0) is 0 Å². The number of aryl methyl sites for hydroxylation is 1. The van der Waals surface area contributed by atoms with Gasteiger partial charge in [0.25, 0.3) is 11.6 Å². The number of hydrogen-bond donors (Lipinski definition) is 1. The van der Waals surface area contributed by atoms with Crippen molar-refractivity contribution in [2.75, 3.05) is 0 Å². The maximum atomic E-state index is 12.9. The molecule has 1 amide bonds. The number of carbonyl (C=O) groups is 1. The highest BCUT2D eigenvalue weighted by atomic mass is 32.1. The smallest absolute Gasteiger partial charge is 0.272 e. The average molecular weight is 344 g/mol. The van der Waals surface area contributed by atoms with Gasteiger partial charge < -0.3 is 4.52 Å². The molecule has 3 heterocycles. The van der Waals surface area contributed by atoms with Gasteiger partial charge in [-0.25, -0.2) is 10.4 Å². The number of aromatic nitrogens is 2. The van der Waals surface area contributed by atoms with E-state index in [4.69, 9.17) is 4.52 Å². The molecule has 1 fully saturated rings. The van der Waals surface area contributed by atoms with E-state index >= 15 is 0 Å². The SMILES string of the molecule is Cc1noc2nc(C3CC3)cc(C(=O)NN=Cc3ccc(F)s3)c12. The number of halogens is 1. The molecule has 1 aliphatic rings. The molecule has 0 spiro atoms. The Morgan fingerprint density at radius 1 is 1.50 bits per heavy atom. The van der Waals surface area contributed by atoms with Crippen LogP contribution in [0.2, 0.25) is 0 Å². The van der Waals surface area contributed by atoms with E-state index < -0.39 is 0 Å². The monoisotopic (exact) mass is 344 g/mol. The number of thiophene rings is 1. The normalized spacial score (nSPS) is 14.6. The van der Waals surface area contributed by atoms with Crippen molar-refractivity contribution < 1.29 is 13.7 Å². The molecular formula is C16H13FN4O2S. The van der Waals surface area contributed by atoms with Gasteiger partial charge in [-0.2, -0.15) is 9.49 Å². The fraction of sp³-hybridized carbons (Fsp3) is 0.250. The van der Waals surface area contributed by atoms with Crippen molar-refractivity contribution >= 4 is 34.6 Å². The van der Waals surface area contributed by atoms with Crippen LogP contribution in [0.4, 0.5) is 4.39 Å². The lowest BCUT2D eigenvalue weighted by atomic mass is 10.1. The maximum Gasteiger partial charge on any atom is 0.272 e. The van der Waals surface area contributed by atoms with Crippen LogP contribution in [0.5, 0.6) is 0 Å². The second-order valence-corrected chi connectivity index (χ2v) is 6.72. The van der Waals surface area contributed by atoms with Gasteiger partial charge in [0.2, 0.25) is 0 Å². The van der Waals surface area contributed by atoms with Crippen molar-refractivity contribution in [3.8, 4) is 0 Å². The molecule has 3 aromatic heterocycles. The molecule has 0 aromatic carbocycles. The van der Waals surface area contributed by atoms with Crippen LogP contribution in [0.25, 0.3) is 11.1 Å². The largest absolute Gasteiger partial charge is 0.336 e. The van der Waals surface area contributed by atoms with Crippen molar-refractivity contribution in [2.45, 2.75) is 25.7 Å². The molecule has 0 atom stereocenters. The highest BCUT2D eigenvalue weighted by molar-refractivity contribution is 7.12. The Balaban J connectivity index is 1.63.